The van der Waals surface area contributed by atoms with Crippen LogP contribution in [0.25, 0.3) is 0 Å². The second kappa shape index (κ2) is 3.31. The third kappa shape index (κ3) is 1.32. The van der Waals surface area contributed by atoms with Gasteiger partial charge in [-0.3, -0.25) is 0 Å². The topological polar surface area (TPSA) is 46.2 Å². The van der Waals surface area contributed by atoms with Gasteiger partial charge in [0, 0.05) is 0 Å². The van der Waals surface area contributed by atoms with Crippen LogP contribution in [0.15, 0.2) is 23.5 Å². The molecule has 0 aromatic carbocycles. The zero-order valence-electron chi connectivity index (χ0n) is 8.51. The van der Waals surface area contributed by atoms with Gasteiger partial charge in [-0.05, 0) is 24.6 Å². The van der Waals surface area contributed by atoms with Crippen LogP contribution < -0.4 is 0 Å². The van der Waals surface area contributed by atoms with Crippen molar-refractivity contribution in [2.45, 2.75) is 31.3 Å². The second-order valence-corrected chi connectivity index (χ2v) is 3.79. The maximum Gasteiger partial charge on any atom is 0.183 e. The first-order valence-electron chi connectivity index (χ1n) is 4.91. The van der Waals surface area contributed by atoms with Crippen molar-refractivity contribution in [3.63, 3.8) is 0 Å². The monoisotopic (exact) mass is 212 g/mol. The molecule has 5 nitrogen and oxygen atoms in total. The summed E-state index contributed by atoms with van der Waals surface area (Å²) in [6.45, 7) is 1.91. The maximum atomic E-state index is 5.27. The largest absolute Gasteiger partial charge is 0.498 e. The molecule has 0 saturated carbocycles. The molecule has 0 spiro atoms. The lowest BCUT2D eigenvalue weighted by Gasteiger charge is -2.42. The first-order valence-corrected chi connectivity index (χ1v) is 4.91. The van der Waals surface area contributed by atoms with Crippen LogP contribution in [0, 0.1) is 0 Å². The van der Waals surface area contributed by atoms with E-state index in [2.05, 4.69) is 0 Å². The van der Waals surface area contributed by atoms with E-state index in [-0.39, 0.29) is 24.4 Å². The van der Waals surface area contributed by atoms with Crippen molar-refractivity contribution >= 4 is 0 Å². The van der Waals surface area contributed by atoms with Crippen LogP contribution in [-0.4, -0.2) is 31.5 Å². The third-order valence-corrected chi connectivity index (χ3v) is 2.76. The van der Waals surface area contributed by atoms with Crippen LogP contribution in [0.5, 0.6) is 0 Å². The van der Waals surface area contributed by atoms with E-state index in [1.54, 1.807) is 7.11 Å². The highest BCUT2D eigenvalue weighted by atomic mass is 17.2. The van der Waals surface area contributed by atoms with Crippen molar-refractivity contribution in [1.82, 2.24) is 0 Å². The van der Waals surface area contributed by atoms with E-state index in [1.807, 2.05) is 19.1 Å². The van der Waals surface area contributed by atoms with Crippen LogP contribution in [0.2, 0.25) is 0 Å². The average molecular weight is 212 g/mol. The minimum Gasteiger partial charge on any atom is -0.498 e. The molecule has 0 aromatic rings. The van der Waals surface area contributed by atoms with Crippen LogP contribution in [0.1, 0.15) is 6.92 Å². The molecular weight excluding hydrogens is 200 g/mol. The third-order valence-electron chi connectivity index (χ3n) is 2.76. The van der Waals surface area contributed by atoms with Gasteiger partial charge in [-0.15, -0.1) is 0 Å². The van der Waals surface area contributed by atoms with E-state index in [4.69, 9.17) is 24.3 Å². The summed E-state index contributed by atoms with van der Waals surface area (Å²) in [5, 5.41) is 0. The number of hydrogen-bond acceptors (Lipinski definition) is 5. The van der Waals surface area contributed by atoms with E-state index in [9.17, 15) is 0 Å². The molecule has 2 unspecified atom stereocenters. The SMILES string of the molecule is COC1=CC2OOC1[C@H]1OO[C@@H](C)C=C21. The summed E-state index contributed by atoms with van der Waals surface area (Å²) >= 11 is 0. The fourth-order valence-corrected chi connectivity index (χ4v) is 2.05. The number of hydrogen-bond donors (Lipinski definition) is 0. The lowest BCUT2D eigenvalue weighted by molar-refractivity contribution is -0.426. The lowest BCUT2D eigenvalue weighted by Crippen LogP contribution is -2.50. The minimum atomic E-state index is -0.362. The average Bonchev–Trinajstić information content (AvgIpc) is 2.29. The van der Waals surface area contributed by atoms with E-state index < -0.39 is 0 Å². The van der Waals surface area contributed by atoms with Crippen molar-refractivity contribution in [3.05, 3.63) is 23.5 Å². The Labute approximate surface area is 87.1 Å². The van der Waals surface area contributed by atoms with Crippen LogP contribution in [0.4, 0.5) is 0 Å². The van der Waals surface area contributed by atoms with Gasteiger partial charge in [0.15, 0.2) is 12.2 Å². The molecule has 0 N–H and O–H groups in total. The molecule has 2 bridgehead atoms. The minimum absolute atomic E-state index is 0.0569. The van der Waals surface area contributed by atoms with E-state index in [0.717, 1.165) is 11.3 Å². The van der Waals surface area contributed by atoms with Gasteiger partial charge in [0.2, 0.25) is 0 Å². The number of ether oxygens (including phenoxy) is 1. The highest BCUT2D eigenvalue weighted by Gasteiger charge is 2.47. The predicted molar refractivity (Wildman–Crippen MR) is 48.3 cm³/mol. The molecule has 1 aliphatic carbocycles. The number of fused-ring (bicyclic) bond motifs is 1. The normalized spacial score (nSPS) is 43.1. The molecule has 3 heterocycles. The summed E-state index contributed by atoms with van der Waals surface area (Å²) in [6.07, 6.45) is 3.01. The summed E-state index contributed by atoms with van der Waals surface area (Å²) in [4.78, 5) is 20.7. The molecule has 4 atom stereocenters. The molecule has 82 valence electrons. The highest BCUT2D eigenvalue weighted by molar-refractivity contribution is 5.33. The summed E-state index contributed by atoms with van der Waals surface area (Å²) < 4.78 is 5.19. The quantitative estimate of drug-likeness (QED) is 0.477. The Balaban J connectivity index is 1.99. The second-order valence-electron chi connectivity index (χ2n) is 3.79. The van der Waals surface area contributed by atoms with Gasteiger partial charge >= 0.3 is 0 Å². The molecule has 5 heteroatoms. The summed E-state index contributed by atoms with van der Waals surface area (Å²) in [6, 6.07) is 0. The van der Waals surface area contributed by atoms with E-state index in [0.29, 0.717) is 0 Å². The Bertz CT molecular complexity index is 335. The van der Waals surface area contributed by atoms with E-state index in [1.165, 1.54) is 0 Å². The number of rotatable bonds is 1. The fraction of sp³-hybridized carbons (Fsp3) is 0.600. The summed E-state index contributed by atoms with van der Waals surface area (Å²) in [5.41, 5.74) is 1.05. The molecule has 1 fully saturated rings. The summed E-state index contributed by atoms with van der Waals surface area (Å²) in [7, 11) is 1.60. The molecule has 0 amide bonds. The molecule has 4 rings (SSSR count). The van der Waals surface area contributed by atoms with Gasteiger partial charge in [-0.25, -0.2) is 19.6 Å². The van der Waals surface area contributed by atoms with Crippen molar-refractivity contribution < 1.29 is 24.3 Å². The van der Waals surface area contributed by atoms with Gasteiger partial charge in [-0.2, -0.15) is 0 Å². The van der Waals surface area contributed by atoms with Crippen LogP contribution in [-0.2, 0) is 24.3 Å². The van der Waals surface area contributed by atoms with Crippen molar-refractivity contribution in [2.75, 3.05) is 7.11 Å². The Morgan fingerprint density at radius 2 is 1.87 bits per heavy atom. The predicted octanol–water partition coefficient (Wildman–Crippen LogP) is 0.875. The van der Waals surface area contributed by atoms with Gasteiger partial charge in [0.05, 0.1) is 7.11 Å². The molecule has 0 radical (unpaired) electrons. The maximum absolute atomic E-state index is 5.27. The van der Waals surface area contributed by atoms with Gasteiger partial charge in [-0.1, -0.05) is 0 Å². The molecular formula is C10H12O5. The van der Waals surface area contributed by atoms with Crippen molar-refractivity contribution in [3.8, 4) is 0 Å². The van der Waals surface area contributed by atoms with Crippen molar-refractivity contribution in [1.29, 1.82) is 0 Å². The fourth-order valence-electron chi connectivity index (χ4n) is 2.05. The Hall–Kier alpha value is -0.880. The first kappa shape index (κ1) is 9.35. The standard InChI is InChI=1S/C10H12O5/c1-5-3-6-7-4-8(11-2)10(15-13-7)9(6)14-12-5/h3-5,7,9-10H,1-2H3/t5-,7?,9-,10?/m0/s1. The molecule has 15 heavy (non-hydrogen) atoms. The summed E-state index contributed by atoms with van der Waals surface area (Å²) in [5.74, 6) is 0.728. The van der Waals surface area contributed by atoms with Gasteiger partial charge in [0.1, 0.15) is 18.0 Å². The highest BCUT2D eigenvalue weighted by Crippen LogP contribution is 2.38. The molecule has 1 saturated heterocycles. The molecule has 4 aliphatic rings. The smallest absolute Gasteiger partial charge is 0.183 e. The Morgan fingerprint density at radius 1 is 1.07 bits per heavy atom. The van der Waals surface area contributed by atoms with Crippen molar-refractivity contribution in [2.24, 2.45) is 0 Å². The lowest BCUT2D eigenvalue weighted by atomic mass is 9.89. The Kier molecular flexibility index (Phi) is 2.07. The van der Waals surface area contributed by atoms with Gasteiger partial charge < -0.3 is 4.74 Å². The van der Waals surface area contributed by atoms with E-state index >= 15 is 0 Å². The zero-order valence-corrected chi connectivity index (χ0v) is 8.51. The number of methoxy groups -OCH3 is 1. The zero-order chi connectivity index (χ0) is 10.4. The van der Waals surface area contributed by atoms with Crippen LogP contribution in [0.3, 0.4) is 0 Å². The molecule has 3 aliphatic heterocycles. The first-order chi connectivity index (χ1) is 7.29. The molecule has 0 aromatic heterocycles. The van der Waals surface area contributed by atoms with Gasteiger partial charge in [0.25, 0.3) is 0 Å². The van der Waals surface area contributed by atoms with Crippen LogP contribution >= 0.6 is 0 Å². The Morgan fingerprint density at radius 3 is 2.67 bits per heavy atom.